The number of carbonyl (C=O) groups excluding carboxylic acids is 2. The van der Waals surface area contributed by atoms with Crippen molar-refractivity contribution in [1.29, 1.82) is 0 Å². The zero-order chi connectivity index (χ0) is 17.0. The summed E-state index contributed by atoms with van der Waals surface area (Å²) in [6, 6.07) is 6.31. The molecule has 8 heteroatoms. The van der Waals surface area contributed by atoms with Gasteiger partial charge in [0, 0.05) is 11.4 Å². The third-order valence-corrected chi connectivity index (χ3v) is 3.21. The summed E-state index contributed by atoms with van der Waals surface area (Å²) in [4.78, 5) is 27.7. The lowest BCUT2D eigenvalue weighted by molar-refractivity contribution is -0.120. The second kappa shape index (κ2) is 6.57. The molecule has 2 aromatic rings. The molecular weight excluding hydrogens is 296 g/mol. The first-order valence-electron chi connectivity index (χ1n) is 7.13. The van der Waals surface area contributed by atoms with Crippen molar-refractivity contribution < 1.29 is 9.59 Å². The van der Waals surface area contributed by atoms with Crippen molar-refractivity contribution in [3.8, 4) is 0 Å². The molecule has 1 aromatic carbocycles. The van der Waals surface area contributed by atoms with Crippen LogP contribution in [0.3, 0.4) is 0 Å². The second-order valence-electron chi connectivity index (χ2n) is 5.79. The molecule has 4 N–H and O–H groups in total. The molecule has 2 amide bonds. The Kier molecular flexibility index (Phi) is 4.75. The van der Waals surface area contributed by atoms with E-state index in [1.165, 1.54) is 17.3 Å². The van der Waals surface area contributed by atoms with E-state index in [0.29, 0.717) is 11.4 Å². The van der Waals surface area contributed by atoms with E-state index in [2.05, 4.69) is 20.7 Å². The molecule has 1 unspecified atom stereocenters. The number of aromatic nitrogens is 3. The van der Waals surface area contributed by atoms with Gasteiger partial charge in [-0.2, -0.15) is 5.10 Å². The van der Waals surface area contributed by atoms with Gasteiger partial charge in [-0.05, 0) is 45.0 Å². The van der Waals surface area contributed by atoms with Crippen LogP contribution in [0, 0.1) is 0 Å². The zero-order valence-electron chi connectivity index (χ0n) is 13.3. The maximum absolute atomic E-state index is 12.1. The summed E-state index contributed by atoms with van der Waals surface area (Å²) in [5, 5.41) is 9.42. The van der Waals surface area contributed by atoms with E-state index in [1.54, 1.807) is 45.0 Å². The van der Waals surface area contributed by atoms with E-state index in [4.69, 9.17) is 5.73 Å². The highest BCUT2D eigenvalue weighted by Crippen LogP contribution is 2.16. The van der Waals surface area contributed by atoms with Gasteiger partial charge in [0.1, 0.15) is 18.7 Å². The smallest absolute Gasteiger partial charge is 0.249 e. The molecule has 0 aliphatic heterocycles. The minimum absolute atomic E-state index is 0.213. The lowest BCUT2D eigenvalue weighted by atomic mass is 10.1. The Labute approximate surface area is 134 Å². The predicted molar refractivity (Wildman–Crippen MR) is 86.7 cm³/mol. The fraction of sp³-hybridized carbons (Fsp3) is 0.333. The van der Waals surface area contributed by atoms with Crippen LogP contribution in [0.15, 0.2) is 36.9 Å². The normalized spacial score (nSPS) is 12.5. The van der Waals surface area contributed by atoms with Crippen molar-refractivity contribution in [1.82, 2.24) is 14.8 Å². The molecule has 0 radical (unpaired) electrons. The highest BCUT2D eigenvalue weighted by Gasteiger charge is 2.21. The molecule has 0 fully saturated rings. The van der Waals surface area contributed by atoms with Crippen molar-refractivity contribution in [2.24, 2.45) is 5.73 Å². The summed E-state index contributed by atoms with van der Waals surface area (Å²) in [5.41, 5.74) is 5.99. The minimum Gasteiger partial charge on any atom is -0.325 e. The number of benzene rings is 1. The number of amides is 2. The van der Waals surface area contributed by atoms with Gasteiger partial charge in [-0.15, -0.1) is 0 Å². The molecule has 1 heterocycles. The Morgan fingerprint density at radius 1 is 1.17 bits per heavy atom. The second-order valence-corrected chi connectivity index (χ2v) is 5.79. The zero-order valence-corrected chi connectivity index (χ0v) is 13.3. The molecule has 8 nitrogen and oxygen atoms in total. The number of nitrogens with zero attached hydrogens (tertiary/aromatic N) is 3. The van der Waals surface area contributed by atoms with Gasteiger partial charge in [0.2, 0.25) is 11.8 Å². The average molecular weight is 316 g/mol. The Balaban J connectivity index is 1.97. The molecule has 122 valence electrons. The lowest BCUT2D eigenvalue weighted by Crippen LogP contribution is -2.45. The summed E-state index contributed by atoms with van der Waals surface area (Å²) < 4.78 is 1.47. The number of hydrogen-bond donors (Lipinski definition) is 3. The first-order valence-corrected chi connectivity index (χ1v) is 7.13. The van der Waals surface area contributed by atoms with Gasteiger partial charge in [-0.1, -0.05) is 0 Å². The topological polar surface area (TPSA) is 115 Å². The van der Waals surface area contributed by atoms with E-state index < -0.39 is 11.6 Å². The van der Waals surface area contributed by atoms with Gasteiger partial charge in [-0.3, -0.25) is 9.59 Å². The fourth-order valence-corrected chi connectivity index (χ4v) is 1.71. The SMILES string of the molecule is CC(C(=O)Nc1ccc(NC(=O)C(C)(C)N)cc1)n1cncn1. The van der Waals surface area contributed by atoms with Gasteiger partial charge in [0.25, 0.3) is 0 Å². The first-order chi connectivity index (χ1) is 10.8. The van der Waals surface area contributed by atoms with Crippen LogP contribution in [0.1, 0.15) is 26.8 Å². The van der Waals surface area contributed by atoms with E-state index in [0.717, 1.165) is 0 Å². The van der Waals surface area contributed by atoms with Crippen LogP contribution in [-0.2, 0) is 9.59 Å². The summed E-state index contributed by atoms with van der Waals surface area (Å²) in [6.07, 6.45) is 2.86. The van der Waals surface area contributed by atoms with Crippen molar-refractivity contribution in [2.75, 3.05) is 10.6 Å². The molecule has 23 heavy (non-hydrogen) atoms. The van der Waals surface area contributed by atoms with E-state index >= 15 is 0 Å². The van der Waals surface area contributed by atoms with Crippen LogP contribution in [0.2, 0.25) is 0 Å². The predicted octanol–water partition coefficient (Wildman–Crippen LogP) is 1.15. The van der Waals surface area contributed by atoms with Crippen LogP contribution in [0.4, 0.5) is 11.4 Å². The van der Waals surface area contributed by atoms with Crippen LogP contribution in [0.25, 0.3) is 0 Å². The Hall–Kier alpha value is -2.74. The highest BCUT2D eigenvalue weighted by molar-refractivity contribution is 5.98. The van der Waals surface area contributed by atoms with Crippen molar-refractivity contribution in [2.45, 2.75) is 32.4 Å². The molecule has 2 rings (SSSR count). The van der Waals surface area contributed by atoms with Crippen LogP contribution in [0.5, 0.6) is 0 Å². The molecule has 0 saturated carbocycles. The fourth-order valence-electron chi connectivity index (χ4n) is 1.71. The molecule has 0 aliphatic rings. The molecule has 1 aromatic heterocycles. The number of nitrogens with two attached hydrogens (primary N) is 1. The standard InChI is InChI=1S/C15H20N6O2/c1-10(21-9-17-8-18-21)13(22)19-11-4-6-12(7-5-11)20-14(23)15(2,3)16/h4-10H,16H2,1-3H3,(H,19,22)(H,20,23). The van der Waals surface area contributed by atoms with E-state index in [9.17, 15) is 9.59 Å². The Morgan fingerprint density at radius 3 is 2.22 bits per heavy atom. The minimum atomic E-state index is -0.958. The monoisotopic (exact) mass is 316 g/mol. The van der Waals surface area contributed by atoms with Crippen molar-refractivity contribution >= 4 is 23.2 Å². The van der Waals surface area contributed by atoms with Gasteiger partial charge >= 0.3 is 0 Å². The quantitative estimate of drug-likeness (QED) is 0.765. The van der Waals surface area contributed by atoms with Crippen molar-refractivity contribution in [3.63, 3.8) is 0 Å². The Bertz CT molecular complexity index is 673. The molecule has 1 atom stereocenters. The molecule has 0 bridgehead atoms. The molecule has 0 spiro atoms. The van der Waals surface area contributed by atoms with Crippen LogP contribution in [-0.4, -0.2) is 32.1 Å². The van der Waals surface area contributed by atoms with Crippen molar-refractivity contribution in [3.05, 3.63) is 36.9 Å². The summed E-state index contributed by atoms with van der Waals surface area (Å²) >= 11 is 0. The largest absolute Gasteiger partial charge is 0.325 e. The third kappa shape index (κ3) is 4.36. The van der Waals surface area contributed by atoms with Gasteiger partial charge < -0.3 is 16.4 Å². The van der Waals surface area contributed by atoms with Gasteiger partial charge in [0.15, 0.2) is 0 Å². The number of carbonyl (C=O) groups is 2. The van der Waals surface area contributed by atoms with Crippen LogP contribution >= 0.6 is 0 Å². The van der Waals surface area contributed by atoms with Crippen LogP contribution < -0.4 is 16.4 Å². The van der Waals surface area contributed by atoms with Gasteiger partial charge in [-0.25, -0.2) is 9.67 Å². The summed E-state index contributed by atoms with van der Waals surface area (Å²) in [6.45, 7) is 4.98. The molecule has 0 saturated heterocycles. The lowest BCUT2D eigenvalue weighted by Gasteiger charge is -2.18. The maximum Gasteiger partial charge on any atom is 0.249 e. The summed E-state index contributed by atoms with van der Waals surface area (Å²) in [5.74, 6) is -0.496. The number of rotatable bonds is 5. The molecular formula is C15H20N6O2. The first kappa shape index (κ1) is 16.6. The van der Waals surface area contributed by atoms with Gasteiger partial charge in [0.05, 0.1) is 5.54 Å². The maximum atomic E-state index is 12.1. The number of anilines is 2. The highest BCUT2D eigenvalue weighted by atomic mass is 16.2. The third-order valence-electron chi connectivity index (χ3n) is 3.21. The number of hydrogen-bond acceptors (Lipinski definition) is 5. The van der Waals surface area contributed by atoms with E-state index in [1.807, 2.05) is 0 Å². The van der Waals surface area contributed by atoms with E-state index in [-0.39, 0.29) is 11.8 Å². The number of nitrogens with one attached hydrogen (secondary N) is 2. The molecule has 0 aliphatic carbocycles. The average Bonchev–Trinajstić information content (AvgIpc) is 3.01. The Morgan fingerprint density at radius 2 is 1.74 bits per heavy atom. The summed E-state index contributed by atoms with van der Waals surface area (Å²) in [7, 11) is 0.